The maximum absolute atomic E-state index is 11.8. The average molecular weight is 278 g/mol. The highest BCUT2D eigenvalue weighted by molar-refractivity contribution is 5.91. The Labute approximate surface area is 119 Å². The Balaban J connectivity index is 2.35. The van der Waals surface area contributed by atoms with E-state index >= 15 is 0 Å². The number of benzene rings is 1. The number of rotatable bonds is 7. The van der Waals surface area contributed by atoms with Gasteiger partial charge < -0.3 is 16.8 Å². The summed E-state index contributed by atoms with van der Waals surface area (Å²) in [5.74, 6) is -0.417. The van der Waals surface area contributed by atoms with Crippen molar-refractivity contribution < 1.29 is 9.59 Å². The Morgan fingerprint density at radius 1 is 1.35 bits per heavy atom. The minimum absolute atomic E-state index is 0.0506. The second kappa shape index (κ2) is 7.49. The first-order valence-corrected chi connectivity index (χ1v) is 6.51. The number of hydrogen-bond donors (Lipinski definition) is 3. The first-order valence-electron chi connectivity index (χ1n) is 6.51. The van der Waals surface area contributed by atoms with Crippen LogP contribution in [0.4, 0.5) is 11.4 Å². The number of carbonyl (C=O) groups excluding carboxylic acids is 2. The van der Waals surface area contributed by atoms with Gasteiger partial charge in [0.1, 0.15) is 0 Å². The van der Waals surface area contributed by atoms with E-state index in [-0.39, 0.29) is 18.4 Å². The molecule has 0 heterocycles. The zero-order valence-electron chi connectivity index (χ0n) is 12.0. The summed E-state index contributed by atoms with van der Waals surface area (Å²) in [6, 6.07) is 5.36. The van der Waals surface area contributed by atoms with E-state index in [1.54, 1.807) is 24.1 Å². The Kier molecular flexibility index (Phi) is 5.99. The molecule has 5 N–H and O–H groups in total. The zero-order chi connectivity index (χ0) is 15.1. The van der Waals surface area contributed by atoms with Crippen molar-refractivity contribution in [2.45, 2.75) is 19.8 Å². The minimum Gasteiger partial charge on any atom is -0.399 e. The summed E-state index contributed by atoms with van der Waals surface area (Å²) in [6.07, 6.45) is 1.07. The lowest BCUT2D eigenvalue weighted by atomic mass is 10.1. The molecular formula is C14H22N4O2. The lowest BCUT2D eigenvalue weighted by Crippen LogP contribution is -2.31. The summed E-state index contributed by atoms with van der Waals surface area (Å²) in [7, 11) is 1.80. The van der Waals surface area contributed by atoms with E-state index in [0.717, 1.165) is 11.3 Å². The second-order valence-corrected chi connectivity index (χ2v) is 4.93. The van der Waals surface area contributed by atoms with Gasteiger partial charge in [0.25, 0.3) is 0 Å². The van der Waals surface area contributed by atoms with E-state index in [9.17, 15) is 9.59 Å². The largest absolute Gasteiger partial charge is 0.399 e. The van der Waals surface area contributed by atoms with Crippen LogP contribution in [0.1, 0.15) is 18.4 Å². The molecule has 1 aromatic carbocycles. The summed E-state index contributed by atoms with van der Waals surface area (Å²) < 4.78 is 0. The quantitative estimate of drug-likeness (QED) is 0.639. The van der Waals surface area contributed by atoms with Crippen LogP contribution in [0.25, 0.3) is 0 Å². The van der Waals surface area contributed by atoms with Crippen LogP contribution in [0, 0.1) is 6.92 Å². The number of hydrogen-bond acceptors (Lipinski definition) is 4. The standard InChI is InChI=1S/C14H22N4O2/c1-10-8-11(15)5-6-12(10)17-14(20)4-3-7-18(2)9-13(16)19/h5-6,8H,3-4,7,9,15H2,1-2H3,(H2,16,19)(H,17,20). The van der Waals surface area contributed by atoms with Crippen molar-refractivity contribution in [3.63, 3.8) is 0 Å². The Hall–Kier alpha value is -2.08. The van der Waals surface area contributed by atoms with Crippen molar-refractivity contribution in [1.29, 1.82) is 0 Å². The number of primary amides is 1. The van der Waals surface area contributed by atoms with Crippen LogP contribution >= 0.6 is 0 Å². The summed E-state index contributed by atoms with van der Waals surface area (Å²) >= 11 is 0. The van der Waals surface area contributed by atoms with E-state index in [0.29, 0.717) is 25.1 Å². The van der Waals surface area contributed by atoms with E-state index in [4.69, 9.17) is 11.5 Å². The molecule has 2 amide bonds. The van der Waals surface area contributed by atoms with Gasteiger partial charge >= 0.3 is 0 Å². The van der Waals surface area contributed by atoms with Gasteiger partial charge in [-0.15, -0.1) is 0 Å². The van der Waals surface area contributed by atoms with Crippen molar-refractivity contribution in [2.24, 2.45) is 5.73 Å². The first kappa shape index (κ1) is 16.0. The maximum atomic E-state index is 11.8. The highest BCUT2D eigenvalue weighted by Crippen LogP contribution is 2.17. The predicted octanol–water partition coefficient (Wildman–Crippen LogP) is 0.713. The van der Waals surface area contributed by atoms with Crippen LogP contribution in [-0.4, -0.2) is 36.9 Å². The molecule has 0 unspecified atom stereocenters. The number of carbonyl (C=O) groups is 2. The van der Waals surface area contributed by atoms with E-state index < -0.39 is 0 Å². The van der Waals surface area contributed by atoms with Gasteiger partial charge in [0, 0.05) is 17.8 Å². The lowest BCUT2D eigenvalue weighted by molar-refractivity contribution is -0.118. The second-order valence-electron chi connectivity index (χ2n) is 4.93. The molecule has 0 aromatic heterocycles. The van der Waals surface area contributed by atoms with Gasteiger partial charge in [-0.25, -0.2) is 0 Å². The zero-order valence-corrected chi connectivity index (χ0v) is 12.0. The highest BCUT2D eigenvalue weighted by atomic mass is 16.2. The number of nitrogen functional groups attached to an aromatic ring is 1. The Morgan fingerprint density at radius 2 is 2.05 bits per heavy atom. The third-order valence-electron chi connectivity index (χ3n) is 2.89. The Bertz CT molecular complexity index is 488. The monoisotopic (exact) mass is 278 g/mol. The van der Waals surface area contributed by atoms with Crippen molar-refractivity contribution in [3.8, 4) is 0 Å². The topological polar surface area (TPSA) is 101 Å². The van der Waals surface area contributed by atoms with Gasteiger partial charge in [0.15, 0.2) is 0 Å². The minimum atomic E-state index is -0.366. The highest BCUT2D eigenvalue weighted by Gasteiger charge is 2.07. The third kappa shape index (κ3) is 5.71. The fraction of sp³-hybridized carbons (Fsp3) is 0.429. The molecule has 110 valence electrons. The van der Waals surface area contributed by atoms with Gasteiger partial charge in [0.2, 0.25) is 11.8 Å². The SMILES string of the molecule is Cc1cc(N)ccc1NC(=O)CCCN(C)CC(N)=O. The summed E-state index contributed by atoms with van der Waals surface area (Å²) in [6.45, 7) is 2.75. The molecule has 0 atom stereocenters. The lowest BCUT2D eigenvalue weighted by Gasteiger charge is -2.14. The molecule has 0 saturated carbocycles. The molecule has 0 saturated heterocycles. The molecule has 0 aliphatic rings. The van der Waals surface area contributed by atoms with Gasteiger partial charge in [-0.2, -0.15) is 0 Å². The van der Waals surface area contributed by atoms with E-state index in [2.05, 4.69) is 5.32 Å². The Morgan fingerprint density at radius 3 is 2.65 bits per heavy atom. The van der Waals surface area contributed by atoms with Crippen molar-refractivity contribution >= 4 is 23.2 Å². The number of nitrogens with zero attached hydrogens (tertiary/aromatic N) is 1. The number of aryl methyl sites for hydroxylation is 1. The van der Waals surface area contributed by atoms with Crippen molar-refractivity contribution in [1.82, 2.24) is 4.90 Å². The van der Waals surface area contributed by atoms with E-state index in [1.165, 1.54) is 0 Å². The number of anilines is 2. The molecule has 0 aliphatic heterocycles. The molecule has 6 heteroatoms. The molecular weight excluding hydrogens is 256 g/mol. The summed E-state index contributed by atoms with van der Waals surface area (Å²) in [4.78, 5) is 24.3. The van der Waals surface area contributed by atoms with Gasteiger partial charge in [0.05, 0.1) is 6.54 Å². The molecule has 0 radical (unpaired) electrons. The van der Waals surface area contributed by atoms with Crippen LogP contribution in [-0.2, 0) is 9.59 Å². The number of amides is 2. The molecule has 0 spiro atoms. The summed E-state index contributed by atoms with van der Waals surface area (Å²) in [5.41, 5.74) is 13.1. The first-order chi connectivity index (χ1) is 9.38. The fourth-order valence-electron chi connectivity index (χ4n) is 1.89. The van der Waals surface area contributed by atoms with Crippen LogP contribution in [0.3, 0.4) is 0 Å². The third-order valence-corrected chi connectivity index (χ3v) is 2.89. The average Bonchev–Trinajstić information content (AvgIpc) is 2.31. The molecule has 20 heavy (non-hydrogen) atoms. The predicted molar refractivity (Wildman–Crippen MR) is 80.1 cm³/mol. The van der Waals surface area contributed by atoms with Crippen LogP contribution in [0.2, 0.25) is 0 Å². The van der Waals surface area contributed by atoms with Crippen molar-refractivity contribution in [3.05, 3.63) is 23.8 Å². The summed E-state index contributed by atoms with van der Waals surface area (Å²) in [5, 5.41) is 2.85. The van der Waals surface area contributed by atoms with Crippen LogP contribution < -0.4 is 16.8 Å². The molecule has 1 rings (SSSR count). The van der Waals surface area contributed by atoms with Gasteiger partial charge in [-0.1, -0.05) is 0 Å². The molecule has 0 fully saturated rings. The normalized spacial score (nSPS) is 10.6. The number of nitrogens with two attached hydrogens (primary N) is 2. The number of nitrogens with one attached hydrogen (secondary N) is 1. The fourth-order valence-corrected chi connectivity index (χ4v) is 1.89. The molecule has 6 nitrogen and oxygen atoms in total. The van der Waals surface area contributed by atoms with Crippen molar-refractivity contribution in [2.75, 3.05) is 31.2 Å². The van der Waals surface area contributed by atoms with Crippen LogP contribution in [0.15, 0.2) is 18.2 Å². The van der Waals surface area contributed by atoms with Gasteiger partial charge in [-0.05, 0) is 50.7 Å². The van der Waals surface area contributed by atoms with Crippen LogP contribution in [0.5, 0.6) is 0 Å². The molecule has 0 bridgehead atoms. The smallest absolute Gasteiger partial charge is 0.231 e. The number of likely N-dealkylation sites (N-methyl/N-ethyl adjacent to an activating group) is 1. The van der Waals surface area contributed by atoms with Gasteiger partial charge in [-0.3, -0.25) is 14.5 Å². The van der Waals surface area contributed by atoms with E-state index in [1.807, 2.05) is 13.0 Å². The molecule has 1 aromatic rings. The maximum Gasteiger partial charge on any atom is 0.231 e. The molecule has 0 aliphatic carbocycles.